The first-order valence-corrected chi connectivity index (χ1v) is 12.6. The molecule has 4 aromatic rings. The molecule has 0 bridgehead atoms. The van der Waals surface area contributed by atoms with E-state index < -0.39 is 5.97 Å². The van der Waals surface area contributed by atoms with Crippen molar-refractivity contribution in [1.82, 2.24) is 0 Å². The summed E-state index contributed by atoms with van der Waals surface area (Å²) in [4.78, 5) is 11.7. The maximum Gasteiger partial charge on any atom is 0.341 e. The van der Waals surface area contributed by atoms with Crippen LogP contribution in [0.3, 0.4) is 0 Å². The number of thioether (sulfide) groups is 1. The number of hydrogen-bond acceptors (Lipinski definition) is 3. The van der Waals surface area contributed by atoms with E-state index in [9.17, 15) is 4.79 Å². The lowest BCUT2D eigenvalue weighted by Crippen LogP contribution is -2.09. The first-order chi connectivity index (χ1) is 16.6. The van der Waals surface area contributed by atoms with Crippen molar-refractivity contribution in [2.45, 2.75) is 4.90 Å². The lowest BCUT2D eigenvalue weighted by atomic mass is 9.95. The summed E-state index contributed by atoms with van der Waals surface area (Å²) in [6.07, 6.45) is 2.25. The summed E-state index contributed by atoms with van der Waals surface area (Å²) in [7, 11) is 0. The van der Waals surface area contributed by atoms with Crippen molar-refractivity contribution >= 4 is 39.2 Å². The fourth-order valence-corrected chi connectivity index (χ4v) is 4.70. The molecule has 170 valence electrons. The summed E-state index contributed by atoms with van der Waals surface area (Å²) in [5, 5.41) is 8.74. The van der Waals surface area contributed by atoms with Gasteiger partial charge in [-0.1, -0.05) is 88.7 Å². The second kappa shape index (κ2) is 11.7. The Morgan fingerprint density at radius 2 is 1.53 bits per heavy atom. The Hall–Kier alpha value is -3.28. The SMILES string of the molecule is O=C(O)COc1ccc(SCC=C(c2ccc(-c3ccccc3)cc2)c2cccc(Br)c2)cc1. The van der Waals surface area contributed by atoms with Crippen LogP contribution in [0.2, 0.25) is 0 Å². The lowest BCUT2D eigenvalue weighted by Gasteiger charge is -2.11. The molecule has 0 spiro atoms. The van der Waals surface area contributed by atoms with E-state index >= 15 is 0 Å². The largest absolute Gasteiger partial charge is 0.482 e. The third-order valence-corrected chi connectivity index (χ3v) is 6.59. The third kappa shape index (κ3) is 6.62. The van der Waals surface area contributed by atoms with Gasteiger partial charge in [0.1, 0.15) is 5.75 Å². The minimum Gasteiger partial charge on any atom is -0.482 e. The van der Waals surface area contributed by atoms with Gasteiger partial charge in [-0.25, -0.2) is 4.79 Å². The van der Waals surface area contributed by atoms with Crippen LogP contribution in [-0.2, 0) is 4.79 Å². The van der Waals surface area contributed by atoms with Gasteiger partial charge in [0.25, 0.3) is 0 Å². The Labute approximate surface area is 212 Å². The predicted octanol–water partition coefficient (Wildman–Crippen LogP) is 7.80. The van der Waals surface area contributed by atoms with Gasteiger partial charge in [-0.2, -0.15) is 0 Å². The van der Waals surface area contributed by atoms with Crippen molar-refractivity contribution in [3.8, 4) is 16.9 Å². The quantitative estimate of drug-likeness (QED) is 0.224. The van der Waals surface area contributed by atoms with Gasteiger partial charge in [-0.15, -0.1) is 11.8 Å². The highest BCUT2D eigenvalue weighted by atomic mass is 79.9. The summed E-state index contributed by atoms with van der Waals surface area (Å²) in [6, 6.07) is 34.9. The van der Waals surface area contributed by atoms with Gasteiger partial charge in [0.2, 0.25) is 0 Å². The molecular weight excluding hydrogens is 508 g/mol. The summed E-state index contributed by atoms with van der Waals surface area (Å²) >= 11 is 5.31. The van der Waals surface area contributed by atoms with Crippen molar-refractivity contribution in [2.75, 3.05) is 12.4 Å². The Kier molecular flexibility index (Phi) is 8.23. The predicted molar refractivity (Wildman–Crippen MR) is 143 cm³/mol. The molecule has 0 aliphatic rings. The van der Waals surface area contributed by atoms with Crippen molar-refractivity contribution in [2.24, 2.45) is 0 Å². The Morgan fingerprint density at radius 3 is 2.21 bits per heavy atom. The van der Waals surface area contributed by atoms with Crippen molar-refractivity contribution in [3.63, 3.8) is 0 Å². The topological polar surface area (TPSA) is 46.5 Å². The molecule has 0 radical (unpaired) electrons. The molecule has 4 rings (SSSR count). The van der Waals surface area contributed by atoms with E-state index in [1.54, 1.807) is 23.9 Å². The van der Waals surface area contributed by atoms with Gasteiger partial charge >= 0.3 is 5.97 Å². The van der Waals surface area contributed by atoms with Gasteiger partial charge in [0.05, 0.1) is 0 Å². The Morgan fingerprint density at radius 1 is 0.824 bits per heavy atom. The molecule has 0 aliphatic heterocycles. The average molecular weight is 531 g/mol. The molecule has 0 aliphatic carbocycles. The van der Waals surface area contributed by atoms with Gasteiger partial charge in [0.15, 0.2) is 6.61 Å². The van der Waals surface area contributed by atoms with Crippen LogP contribution in [0.4, 0.5) is 0 Å². The number of ether oxygens (including phenoxy) is 1. The van der Waals surface area contributed by atoms with Crippen LogP contribution in [0, 0.1) is 0 Å². The molecule has 0 saturated heterocycles. The van der Waals surface area contributed by atoms with Crippen LogP contribution in [0.5, 0.6) is 5.75 Å². The Balaban J connectivity index is 1.53. The summed E-state index contributed by atoms with van der Waals surface area (Å²) in [5.41, 5.74) is 5.89. The van der Waals surface area contributed by atoms with Crippen LogP contribution in [-0.4, -0.2) is 23.4 Å². The van der Waals surface area contributed by atoms with Gasteiger partial charge in [-0.05, 0) is 64.2 Å². The van der Waals surface area contributed by atoms with Crippen molar-refractivity contribution in [3.05, 3.63) is 125 Å². The monoisotopic (exact) mass is 530 g/mol. The first kappa shape index (κ1) is 23.9. The summed E-state index contributed by atoms with van der Waals surface area (Å²) < 4.78 is 6.25. The molecule has 0 aromatic heterocycles. The van der Waals surface area contributed by atoms with E-state index in [2.05, 4.69) is 88.7 Å². The zero-order valence-electron chi connectivity index (χ0n) is 18.4. The van der Waals surface area contributed by atoms with E-state index in [1.807, 2.05) is 24.3 Å². The lowest BCUT2D eigenvalue weighted by molar-refractivity contribution is -0.139. The fraction of sp³-hybridized carbons (Fsp3) is 0.0690. The molecule has 0 fully saturated rings. The number of hydrogen-bond donors (Lipinski definition) is 1. The molecular formula is C29H23BrO3S. The first-order valence-electron chi connectivity index (χ1n) is 10.8. The smallest absolute Gasteiger partial charge is 0.341 e. The van der Waals surface area contributed by atoms with Crippen LogP contribution < -0.4 is 4.74 Å². The van der Waals surface area contributed by atoms with E-state index in [0.29, 0.717) is 5.75 Å². The second-order valence-corrected chi connectivity index (χ2v) is 9.55. The van der Waals surface area contributed by atoms with Gasteiger partial charge in [0, 0.05) is 15.1 Å². The molecule has 34 heavy (non-hydrogen) atoms. The number of aliphatic carboxylic acids is 1. The highest BCUT2D eigenvalue weighted by Crippen LogP contribution is 2.30. The molecule has 5 heteroatoms. The second-order valence-electron chi connectivity index (χ2n) is 7.54. The third-order valence-electron chi connectivity index (χ3n) is 5.16. The minimum absolute atomic E-state index is 0.339. The highest BCUT2D eigenvalue weighted by molar-refractivity contribution is 9.10. The van der Waals surface area contributed by atoms with E-state index in [4.69, 9.17) is 9.84 Å². The van der Waals surface area contributed by atoms with E-state index in [0.717, 1.165) is 26.2 Å². The van der Waals surface area contributed by atoms with Crippen molar-refractivity contribution in [1.29, 1.82) is 0 Å². The number of carbonyl (C=O) groups is 1. The fourth-order valence-electron chi connectivity index (χ4n) is 3.53. The molecule has 0 unspecified atom stereocenters. The maximum atomic E-state index is 10.7. The normalized spacial score (nSPS) is 11.3. The molecule has 0 heterocycles. The van der Waals surface area contributed by atoms with Gasteiger partial charge < -0.3 is 9.84 Å². The number of benzene rings is 4. The summed E-state index contributed by atoms with van der Waals surface area (Å²) in [5.74, 6) is 0.355. The number of carboxylic acid groups (broad SMARTS) is 1. The van der Waals surface area contributed by atoms with Crippen LogP contribution in [0.25, 0.3) is 16.7 Å². The molecule has 0 saturated carbocycles. The minimum atomic E-state index is -0.986. The van der Waals surface area contributed by atoms with Crippen LogP contribution in [0.1, 0.15) is 11.1 Å². The molecule has 0 atom stereocenters. The van der Waals surface area contributed by atoms with E-state index in [1.165, 1.54) is 16.7 Å². The molecule has 1 N–H and O–H groups in total. The number of halogens is 1. The maximum absolute atomic E-state index is 10.7. The van der Waals surface area contributed by atoms with Crippen molar-refractivity contribution < 1.29 is 14.6 Å². The number of rotatable bonds is 9. The zero-order valence-corrected chi connectivity index (χ0v) is 20.8. The average Bonchev–Trinajstić information content (AvgIpc) is 2.87. The molecule has 4 aromatic carbocycles. The van der Waals surface area contributed by atoms with E-state index in [-0.39, 0.29) is 6.61 Å². The van der Waals surface area contributed by atoms with Gasteiger partial charge in [-0.3, -0.25) is 0 Å². The zero-order chi connectivity index (χ0) is 23.8. The summed E-state index contributed by atoms with van der Waals surface area (Å²) in [6.45, 7) is -0.339. The molecule has 3 nitrogen and oxygen atoms in total. The standard InChI is InChI=1S/C29H23BrO3S/c30-25-8-4-7-24(19-25)28(23-11-9-22(10-12-23)21-5-2-1-3-6-21)17-18-34-27-15-13-26(14-16-27)33-20-29(31)32/h1-17,19H,18,20H2,(H,31,32). The van der Waals surface area contributed by atoms with Crippen LogP contribution >= 0.6 is 27.7 Å². The highest BCUT2D eigenvalue weighted by Gasteiger charge is 2.07. The van der Waals surface area contributed by atoms with Crippen LogP contribution in [0.15, 0.2) is 119 Å². The number of carboxylic acids is 1. The molecule has 0 amide bonds. The Bertz CT molecular complexity index is 1270.